The zero-order chi connectivity index (χ0) is 14.5. The third-order valence-corrected chi connectivity index (χ3v) is 2.94. The molecule has 0 bridgehead atoms. The summed E-state index contributed by atoms with van der Waals surface area (Å²) in [7, 11) is 0. The van der Waals surface area contributed by atoms with Crippen molar-refractivity contribution in [1.29, 1.82) is 5.26 Å². The Labute approximate surface area is 115 Å². The lowest BCUT2D eigenvalue weighted by Crippen LogP contribution is -2.27. The van der Waals surface area contributed by atoms with Crippen LogP contribution >= 0.6 is 0 Å². The van der Waals surface area contributed by atoms with Gasteiger partial charge in [-0.1, -0.05) is 0 Å². The normalized spacial score (nSPS) is 13.3. The fourth-order valence-corrected chi connectivity index (χ4v) is 1.74. The molecule has 7 nitrogen and oxygen atoms in total. The Morgan fingerprint density at radius 1 is 1.50 bits per heavy atom. The van der Waals surface area contributed by atoms with Crippen LogP contribution in [-0.4, -0.2) is 23.4 Å². The van der Waals surface area contributed by atoms with Crippen molar-refractivity contribution in [1.82, 2.24) is 5.32 Å². The van der Waals surface area contributed by atoms with Gasteiger partial charge in [0, 0.05) is 30.8 Å². The van der Waals surface area contributed by atoms with Gasteiger partial charge in [-0.3, -0.25) is 14.9 Å². The van der Waals surface area contributed by atoms with Gasteiger partial charge in [-0.2, -0.15) is 5.26 Å². The van der Waals surface area contributed by atoms with Crippen LogP contribution in [0.4, 0.5) is 11.4 Å². The summed E-state index contributed by atoms with van der Waals surface area (Å²) in [5, 5.41) is 25.4. The Kier molecular flexibility index (Phi) is 4.15. The molecule has 1 aromatic rings. The molecule has 1 aliphatic rings. The highest BCUT2D eigenvalue weighted by Crippen LogP contribution is 2.22. The highest BCUT2D eigenvalue weighted by atomic mass is 16.6. The van der Waals surface area contributed by atoms with Gasteiger partial charge in [-0.05, 0) is 25.0 Å². The first kappa shape index (κ1) is 13.8. The van der Waals surface area contributed by atoms with E-state index >= 15 is 0 Å². The third kappa shape index (κ3) is 3.68. The van der Waals surface area contributed by atoms with Gasteiger partial charge in [-0.15, -0.1) is 0 Å². The van der Waals surface area contributed by atoms with Crippen LogP contribution in [0.5, 0.6) is 0 Å². The van der Waals surface area contributed by atoms with E-state index in [0.29, 0.717) is 24.7 Å². The van der Waals surface area contributed by atoms with E-state index in [1.807, 2.05) is 0 Å². The maximum atomic E-state index is 11.5. The molecular formula is C13H14N4O3. The van der Waals surface area contributed by atoms with Crippen molar-refractivity contribution in [3.05, 3.63) is 33.9 Å². The van der Waals surface area contributed by atoms with Crippen LogP contribution in [0.1, 0.15) is 24.8 Å². The molecule has 1 aromatic carbocycles. The number of nitro groups is 1. The van der Waals surface area contributed by atoms with Crippen molar-refractivity contribution in [2.45, 2.75) is 25.3 Å². The Bertz CT molecular complexity index is 575. The van der Waals surface area contributed by atoms with Crippen LogP contribution in [0.15, 0.2) is 18.2 Å². The summed E-state index contributed by atoms with van der Waals surface area (Å²) in [6, 6.07) is 6.35. The van der Waals surface area contributed by atoms with Crippen molar-refractivity contribution in [2.75, 3.05) is 11.9 Å². The minimum atomic E-state index is -0.592. The summed E-state index contributed by atoms with van der Waals surface area (Å²) < 4.78 is 0. The second-order valence-electron chi connectivity index (χ2n) is 4.62. The van der Waals surface area contributed by atoms with Gasteiger partial charge >= 0.3 is 0 Å². The monoisotopic (exact) mass is 274 g/mol. The molecule has 20 heavy (non-hydrogen) atoms. The fourth-order valence-electron chi connectivity index (χ4n) is 1.74. The van der Waals surface area contributed by atoms with Crippen molar-refractivity contribution in [2.24, 2.45) is 0 Å². The quantitative estimate of drug-likeness (QED) is 0.604. The first-order valence-electron chi connectivity index (χ1n) is 6.32. The van der Waals surface area contributed by atoms with Gasteiger partial charge in [0.25, 0.3) is 5.69 Å². The van der Waals surface area contributed by atoms with E-state index < -0.39 is 4.92 Å². The molecule has 0 radical (unpaired) electrons. The number of anilines is 1. The maximum absolute atomic E-state index is 11.5. The van der Waals surface area contributed by atoms with Crippen LogP contribution in [0.3, 0.4) is 0 Å². The molecule has 0 aliphatic heterocycles. The van der Waals surface area contributed by atoms with E-state index in [0.717, 1.165) is 12.8 Å². The summed E-state index contributed by atoms with van der Waals surface area (Å²) in [4.78, 5) is 21.6. The lowest BCUT2D eigenvalue weighted by molar-refractivity contribution is -0.385. The zero-order valence-electron chi connectivity index (χ0n) is 10.8. The summed E-state index contributed by atoms with van der Waals surface area (Å²) in [6.07, 6.45) is 2.43. The highest BCUT2D eigenvalue weighted by molar-refractivity contribution is 5.77. The summed E-state index contributed by atoms with van der Waals surface area (Å²) in [5.74, 6) is -0.0116. The van der Waals surface area contributed by atoms with Gasteiger partial charge in [0.2, 0.25) is 5.91 Å². The first-order valence-corrected chi connectivity index (χ1v) is 6.32. The number of hydrogen-bond donors (Lipinski definition) is 2. The molecule has 1 amide bonds. The Morgan fingerprint density at radius 3 is 2.85 bits per heavy atom. The molecule has 2 N–H and O–H groups in total. The van der Waals surface area contributed by atoms with E-state index in [4.69, 9.17) is 5.26 Å². The predicted molar refractivity (Wildman–Crippen MR) is 72.1 cm³/mol. The average Bonchev–Trinajstić information content (AvgIpc) is 3.22. The predicted octanol–water partition coefficient (Wildman–Crippen LogP) is 1.55. The molecule has 1 fully saturated rings. The number of amides is 1. The van der Waals surface area contributed by atoms with Gasteiger partial charge in [0.15, 0.2) is 0 Å². The number of carbonyl (C=O) groups is 1. The summed E-state index contributed by atoms with van der Waals surface area (Å²) >= 11 is 0. The molecule has 0 saturated heterocycles. The van der Waals surface area contributed by atoms with Crippen LogP contribution < -0.4 is 10.6 Å². The average molecular weight is 274 g/mol. The lowest BCUT2D eigenvalue weighted by atomic mass is 10.1. The van der Waals surface area contributed by atoms with Crippen molar-refractivity contribution < 1.29 is 9.72 Å². The Morgan fingerprint density at radius 2 is 2.25 bits per heavy atom. The Hall–Kier alpha value is -2.62. The smallest absolute Gasteiger partial charge is 0.287 e. The van der Waals surface area contributed by atoms with Crippen LogP contribution in [0, 0.1) is 21.4 Å². The number of nitrogens with one attached hydrogen (secondary N) is 2. The molecule has 2 rings (SSSR count). The van der Waals surface area contributed by atoms with E-state index in [1.54, 1.807) is 6.07 Å². The zero-order valence-corrected chi connectivity index (χ0v) is 10.8. The van der Waals surface area contributed by atoms with E-state index in [1.165, 1.54) is 18.2 Å². The minimum Gasteiger partial charge on any atom is -0.384 e. The number of hydrogen-bond acceptors (Lipinski definition) is 5. The molecule has 1 aliphatic carbocycles. The molecule has 1 saturated carbocycles. The summed E-state index contributed by atoms with van der Waals surface area (Å²) in [5.41, 5.74) is 0.373. The Balaban J connectivity index is 1.88. The van der Waals surface area contributed by atoms with Crippen molar-refractivity contribution in [3.8, 4) is 6.07 Å². The van der Waals surface area contributed by atoms with Gasteiger partial charge in [-0.25, -0.2) is 0 Å². The van der Waals surface area contributed by atoms with Crippen LogP contribution in [-0.2, 0) is 4.79 Å². The topological polar surface area (TPSA) is 108 Å². The third-order valence-electron chi connectivity index (χ3n) is 2.94. The number of benzene rings is 1. The van der Waals surface area contributed by atoms with Gasteiger partial charge in [0.1, 0.15) is 11.6 Å². The summed E-state index contributed by atoms with van der Waals surface area (Å²) in [6.45, 7) is 0.418. The number of nitriles is 1. The number of nitrogens with zero attached hydrogens (tertiary/aromatic N) is 2. The fraction of sp³-hybridized carbons (Fsp3) is 0.385. The molecule has 0 atom stereocenters. The lowest BCUT2D eigenvalue weighted by Gasteiger charge is -2.07. The largest absolute Gasteiger partial charge is 0.384 e. The number of carbonyl (C=O) groups excluding carboxylic acids is 1. The molecule has 0 heterocycles. The SMILES string of the molecule is N#Cc1cc(NCCC(=O)NC2CC2)ccc1[N+](=O)[O-]. The molecular weight excluding hydrogens is 260 g/mol. The van der Waals surface area contributed by atoms with Gasteiger partial charge in [0.05, 0.1) is 4.92 Å². The van der Waals surface area contributed by atoms with Gasteiger partial charge < -0.3 is 10.6 Å². The second kappa shape index (κ2) is 6.02. The van der Waals surface area contributed by atoms with E-state index in [-0.39, 0.29) is 17.2 Å². The maximum Gasteiger partial charge on any atom is 0.287 e. The van der Waals surface area contributed by atoms with Crippen LogP contribution in [0.25, 0.3) is 0 Å². The molecule has 0 aromatic heterocycles. The molecule has 104 valence electrons. The van der Waals surface area contributed by atoms with Crippen molar-refractivity contribution in [3.63, 3.8) is 0 Å². The minimum absolute atomic E-state index is 0.00225. The highest BCUT2D eigenvalue weighted by Gasteiger charge is 2.22. The standard InChI is InChI=1S/C13H14N4O3/c14-8-9-7-11(3-4-12(9)17(19)20)15-6-5-13(18)16-10-1-2-10/h3-4,7,10,15H,1-2,5-6H2,(H,16,18). The van der Waals surface area contributed by atoms with Crippen molar-refractivity contribution >= 4 is 17.3 Å². The first-order chi connectivity index (χ1) is 9.60. The number of nitro benzene ring substituents is 1. The molecule has 0 spiro atoms. The van der Waals surface area contributed by atoms with E-state index in [2.05, 4.69) is 10.6 Å². The van der Waals surface area contributed by atoms with Crippen LogP contribution in [0.2, 0.25) is 0 Å². The van der Waals surface area contributed by atoms with E-state index in [9.17, 15) is 14.9 Å². The number of rotatable bonds is 6. The second-order valence-corrected chi connectivity index (χ2v) is 4.62. The molecule has 0 unspecified atom stereocenters. The molecule has 7 heteroatoms.